The van der Waals surface area contributed by atoms with Crippen molar-refractivity contribution in [1.82, 2.24) is 10.3 Å². The molecule has 7 heteroatoms. The van der Waals surface area contributed by atoms with Crippen molar-refractivity contribution in [3.8, 4) is 11.3 Å². The average molecular weight is 349 g/mol. The van der Waals surface area contributed by atoms with E-state index in [4.69, 9.17) is 0 Å². The Bertz CT molecular complexity index is 752. The van der Waals surface area contributed by atoms with Gasteiger partial charge in [0.2, 0.25) is 0 Å². The Balaban J connectivity index is 0.00000208. The molecule has 0 unspecified atom stereocenters. The summed E-state index contributed by atoms with van der Waals surface area (Å²) in [7, 11) is 0. The number of hydrogen-bond donors (Lipinski definition) is 3. The molecule has 2 atom stereocenters. The van der Waals surface area contributed by atoms with Gasteiger partial charge in [-0.15, -0.1) is 12.4 Å². The number of benzene rings is 1. The van der Waals surface area contributed by atoms with Crippen LogP contribution in [0.2, 0.25) is 0 Å². The molecule has 1 aliphatic rings. The van der Waals surface area contributed by atoms with Gasteiger partial charge in [-0.2, -0.15) is 0 Å². The minimum atomic E-state index is -1.04. The normalized spacial score (nSPS) is 19.5. The highest BCUT2D eigenvalue weighted by molar-refractivity contribution is 5.90. The lowest BCUT2D eigenvalue weighted by Gasteiger charge is -2.17. The van der Waals surface area contributed by atoms with Crippen LogP contribution in [0, 0.1) is 0 Å². The largest absolute Gasteiger partial charge is 0.480 e. The number of carboxylic acids is 2. The molecule has 3 N–H and O–H groups in total. The molecule has 1 saturated heterocycles. The van der Waals surface area contributed by atoms with E-state index in [0.717, 1.165) is 0 Å². The maximum absolute atomic E-state index is 11.4. The SMILES string of the molecule is Cl.O=C(O)c1cc(-c2ccccn2)cc([C@H]2CCN[C@@H]2C(=O)O)c1. The van der Waals surface area contributed by atoms with Gasteiger partial charge in [0.1, 0.15) is 6.04 Å². The Kier molecular flexibility index (Phi) is 5.54. The third kappa shape index (κ3) is 3.55. The number of aromatic nitrogens is 1. The molecular formula is C17H17ClN2O4. The van der Waals surface area contributed by atoms with E-state index in [0.29, 0.717) is 29.8 Å². The summed E-state index contributed by atoms with van der Waals surface area (Å²) < 4.78 is 0. The Labute approximate surface area is 145 Å². The second-order valence-electron chi connectivity index (χ2n) is 5.53. The summed E-state index contributed by atoms with van der Waals surface area (Å²) in [4.78, 5) is 27.0. The number of aliphatic carboxylic acids is 1. The predicted octanol–water partition coefficient (Wildman–Crippen LogP) is 2.40. The fourth-order valence-electron chi connectivity index (χ4n) is 2.99. The van der Waals surface area contributed by atoms with Gasteiger partial charge in [0.25, 0.3) is 0 Å². The quantitative estimate of drug-likeness (QED) is 0.784. The molecule has 0 amide bonds. The van der Waals surface area contributed by atoms with Gasteiger partial charge in [-0.05, 0) is 48.9 Å². The van der Waals surface area contributed by atoms with E-state index in [-0.39, 0.29) is 23.9 Å². The minimum Gasteiger partial charge on any atom is -0.480 e. The van der Waals surface area contributed by atoms with Crippen molar-refractivity contribution in [3.63, 3.8) is 0 Å². The van der Waals surface area contributed by atoms with E-state index in [1.54, 1.807) is 30.5 Å². The summed E-state index contributed by atoms with van der Waals surface area (Å²) >= 11 is 0. The lowest BCUT2D eigenvalue weighted by molar-refractivity contribution is -0.139. The van der Waals surface area contributed by atoms with E-state index in [9.17, 15) is 19.8 Å². The lowest BCUT2D eigenvalue weighted by atomic mass is 9.89. The number of carbonyl (C=O) groups is 2. The van der Waals surface area contributed by atoms with Crippen LogP contribution < -0.4 is 5.32 Å². The van der Waals surface area contributed by atoms with Crippen LogP contribution in [-0.4, -0.2) is 39.7 Å². The van der Waals surface area contributed by atoms with Crippen LogP contribution in [0.4, 0.5) is 0 Å². The number of nitrogens with one attached hydrogen (secondary N) is 1. The molecule has 1 aliphatic heterocycles. The van der Waals surface area contributed by atoms with Gasteiger partial charge in [0.05, 0.1) is 11.3 Å². The Morgan fingerprint density at radius 3 is 2.58 bits per heavy atom. The zero-order valence-corrected chi connectivity index (χ0v) is 13.5. The third-order valence-electron chi connectivity index (χ3n) is 4.08. The molecule has 1 fully saturated rings. The second kappa shape index (κ2) is 7.42. The molecule has 1 aromatic carbocycles. The number of aromatic carboxylic acids is 1. The second-order valence-corrected chi connectivity index (χ2v) is 5.53. The number of halogens is 1. The molecule has 1 aromatic heterocycles. The topological polar surface area (TPSA) is 99.5 Å². The Hall–Kier alpha value is -2.44. The maximum Gasteiger partial charge on any atom is 0.335 e. The fourth-order valence-corrected chi connectivity index (χ4v) is 2.99. The zero-order chi connectivity index (χ0) is 16.4. The molecule has 2 aromatic rings. The van der Waals surface area contributed by atoms with Crippen molar-refractivity contribution < 1.29 is 19.8 Å². The Morgan fingerprint density at radius 2 is 1.96 bits per heavy atom. The van der Waals surface area contributed by atoms with Crippen LogP contribution in [0.25, 0.3) is 11.3 Å². The fraction of sp³-hybridized carbons (Fsp3) is 0.235. The molecular weight excluding hydrogens is 332 g/mol. The van der Waals surface area contributed by atoms with Crippen molar-refractivity contribution in [3.05, 3.63) is 53.7 Å². The van der Waals surface area contributed by atoms with Crippen LogP contribution in [0.5, 0.6) is 0 Å². The minimum absolute atomic E-state index is 0. The van der Waals surface area contributed by atoms with Crippen molar-refractivity contribution >= 4 is 24.3 Å². The van der Waals surface area contributed by atoms with Gasteiger partial charge in [-0.3, -0.25) is 9.78 Å². The highest BCUT2D eigenvalue weighted by Gasteiger charge is 2.34. The maximum atomic E-state index is 11.4. The van der Waals surface area contributed by atoms with Crippen LogP contribution in [0.3, 0.4) is 0 Å². The first-order chi connectivity index (χ1) is 11.1. The van der Waals surface area contributed by atoms with E-state index in [1.807, 2.05) is 12.1 Å². The molecule has 0 spiro atoms. The first-order valence-corrected chi connectivity index (χ1v) is 7.32. The summed E-state index contributed by atoms with van der Waals surface area (Å²) in [6.45, 7) is 0.595. The van der Waals surface area contributed by atoms with Crippen LogP contribution in [0.15, 0.2) is 42.6 Å². The summed E-state index contributed by atoms with van der Waals surface area (Å²) in [5.41, 5.74) is 2.19. The van der Waals surface area contributed by atoms with Gasteiger partial charge in [0, 0.05) is 17.7 Å². The van der Waals surface area contributed by atoms with Crippen LogP contribution in [-0.2, 0) is 4.79 Å². The molecule has 6 nitrogen and oxygen atoms in total. The van der Waals surface area contributed by atoms with Gasteiger partial charge in [-0.1, -0.05) is 6.07 Å². The summed E-state index contributed by atoms with van der Waals surface area (Å²) in [5, 5.41) is 21.6. The van der Waals surface area contributed by atoms with Gasteiger partial charge < -0.3 is 15.5 Å². The number of carboxylic acid groups (broad SMARTS) is 2. The molecule has 0 bridgehead atoms. The molecule has 3 rings (SSSR count). The van der Waals surface area contributed by atoms with Crippen molar-refractivity contribution in [2.24, 2.45) is 0 Å². The Morgan fingerprint density at radius 1 is 1.17 bits per heavy atom. The van der Waals surface area contributed by atoms with E-state index in [2.05, 4.69) is 10.3 Å². The van der Waals surface area contributed by atoms with Crippen LogP contribution in [0.1, 0.15) is 28.3 Å². The highest BCUT2D eigenvalue weighted by Crippen LogP contribution is 2.32. The summed E-state index contributed by atoms with van der Waals surface area (Å²) in [6, 6.07) is 9.67. The first kappa shape index (κ1) is 17.9. The number of pyridine rings is 1. The molecule has 0 saturated carbocycles. The van der Waals surface area contributed by atoms with Gasteiger partial charge in [-0.25, -0.2) is 4.79 Å². The van der Waals surface area contributed by atoms with Gasteiger partial charge in [0.15, 0.2) is 0 Å². The molecule has 126 valence electrons. The highest BCUT2D eigenvalue weighted by atomic mass is 35.5. The number of rotatable bonds is 4. The van der Waals surface area contributed by atoms with Gasteiger partial charge >= 0.3 is 11.9 Å². The molecule has 0 aliphatic carbocycles. The van der Waals surface area contributed by atoms with E-state index in [1.165, 1.54) is 0 Å². The standard InChI is InChI=1S/C17H16N2O4.ClH/c20-16(21)12-8-10(13-4-6-19-15(13)17(22)23)7-11(9-12)14-3-1-2-5-18-14;/h1-3,5,7-9,13,15,19H,4,6H2,(H,20,21)(H,22,23);1H/t13-,15+;/m1./s1. The van der Waals surface area contributed by atoms with E-state index >= 15 is 0 Å². The smallest absolute Gasteiger partial charge is 0.335 e. The van der Waals surface area contributed by atoms with E-state index < -0.39 is 18.0 Å². The zero-order valence-electron chi connectivity index (χ0n) is 12.7. The average Bonchev–Trinajstić information content (AvgIpc) is 3.05. The number of hydrogen-bond acceptors (Lipinski definition) is 4. The van der Waals surface area contributed by atoms with Crippen molar-refractivity contribution in [2.75, 3.05) is 6.54 Å². The first-order valence-electron chi connectivity index (χ1n) is 7.32. The molecule has 2 heterocycles. The van der Waals surface area contributed by atoms with Crippen molar-refractivity contribution in [1.29, 1.82) is 0 Å². The monoisotopic (exact) mass is 348 g/mol. The third-order valence-corrected chi connectivity index (χ3v) is 4.08. The summed E-state index contributed by atoms with van der Waals surface area (Å²) in [6.07, 6.45) is 2.29. The summed E-state index contributed by atoms with van der Waals surface area (Å²) in [5.74, 6) is -2.22. The molecule has 24 heavy (non-hydrogen) atoms. The van der Waals surface area contributed by atoms with Crippen molar-refractivity contribution in [2.45, 2.75) is 18.4 Å². The number of nitrogens with zero attached hydrogens (tertiary/aromatic N) is 1. The molecule has 0 radical (unpaired) electrons. The van der Waals surface area contributed by atoms with Crippen LogP contribution >= 0.6 is 12.4 Å². The lowest BCUT2D eigenvalue weighted by Crippen LogP contribution is -2.34. The predicted molar refractivity (Wildman–Crippen MR) is 90.7 cm³/mol.